The Kier molecular flexibility index (Phi) is 4.57. The molecule has 0 fully saturated rings. The smallest absolute Gasteiger partial charge is 0.319 e. The number of urea groups is 1. The average molecular weight is 278 g/mol. The van der Waals surface area contributed by atoms with Gasteiger partial charge in [0.1, 0.15) is 5.69 Å². The summed E-state index contributed by atoms with van der Waals surface area (Å²) in [5.41, 5.74) is 2.52. The molecule has 2 heterocycles. The van der Waals surface area contributed by atoms with E-state index in [1.54, 1.807) is 11.3 Å². The van der Waals surface area contributed by atoms with Crippen LogP contribution < -0.4 is 10.6 Å². The molecule has 0 aliphatic heterocycles. The Labute approximate surface area is 116 Å². The van der Waals surface area contributed by atoms with Gasteiger partial charge in [-0.15, -0.1) is 11.3 Å². The van der Waals surface area contributed by atoms with Crippen molar-refractivity contribution in [3.8, 4) is 10.6 Å². The molecular formula is C13H18N4OS. The van der Waals surface area contributed by atoms with E-state index >= 15 is 0 Å². The van der Waals surface area contributed by atoms with Crippen molar-refractivity contribution in [2.75, 3.05) is 11.9 Å². The van der Waals surface area contributed by atoms with Crippen LogP contribution in [0.2, 0.25) is 0 Å². The molecule has 0 atom stereocenters. The van der Waals surface area contributed by atoms with Gasteiger partial charge in [-0.25, -0.2) is 4.79 Å². The van der Waals surface area contributed by atoms with E-state index < -0.39 is 0 Å². The summed E-state index contributed by atoms with van der Waals surface area (Å²) in [6.07, 6.45) is 1.71. The first-order chi connectivity index (χ1) is 9.26. The number of amides is 2. The van der Waals surface area contributed by atoms with E-state index in [9.17, 15) is 4.79 Å². The Balaban J connectivity index is 2.22. The van der Waals surface area contributed by atoms with E-state index in [-0.39, 0.29) is 6.03 Å². The fraction of sp³-hybridized carbons (Fsp3) is 0.385. The summed E-state index contributed by atoms with van der Waals surface area (Å²) in [5, 5.41) is 15.0. The van der Waals surface area contributed by atoms with Crippen LogP contribution in [0.25, 0.3) is 10.6 Å². The number of thiophene rings is 1. The summed E-state index contributed by atoms with van der Waals surface area (Å²) in [5.74, 6) is 0. The fourth-order valence-electron chi connectivity index (χ4n) is 1.76. The molecule has 0 saturated carbocycles. The van der Waals surface area contributed by atoms with Crippen LogP contribution in [0.1, 0.15) is 26.0 Å². The second kappa shape index (κ2) is 6.38. The predicted octanol–water partition coefficient (Wildman–Crippen LogP) is 3.23. The normalized spacial score (nSPS) is 10.4. The summed E-state index contributed by atoms with van der Waals surface area (Å²) in [7, 11) is 0. The van der Waals surface area contributed by atoms with Gasteiger partial charge < -0.3 is 10.6 Å². The molecule has 0 aromatic carbocycles. The molecule has 0 unspecified atom stereocenters. The number of aryl methyl sites for hydroxylation is 1. The average Bonchev–Trinajstić information content (AvgIpc) is 3.04. The van der Waals surface area contributed by atoms with Gasteiger partial charge in [-0.05, 0) is 24.3 Å². The molecule has 19 heavy (non-hydrogen) atoms. The number of hydrogen-bond donors (Lipinski definition) is 3. The molecule has 2 aromatic heterocycles. The van der Waals surface area contributed by atoms with Crippen molar-refractivity contribution in [2.24, 2.45) is 0 Å². The number of carbonyl (C=O) groups excluding carboxylic acids is 1. The second-order valence-electron chi connectivity index (χ2n) is 4.14. The zero-order valence-corrected chi connectivity index (χ0v) is 11.9. The first kappa shape index (κ1) is 13.6. The Hall–Kier alpha value is -1.82. The molecule has 5 nitrogen and oxygen atoms in total. The monoisotopic (exact) mass is 278 g/mol. The van der Waals surface area contributed by atoms with E-state index in [1.807, 2.05) is 31.4 Å². The van der Waals surface area contributed by atoms with Gasteiger partial charge >= 0.3 is 6.03 Å². The summed E-state index contributed by atoms with van der Waals surface area (Å²) in [6.45, 7) is 4.72. The largest absolute Gasteiger partial charge is 0.338 e. The van der Waals surface area contributed by atoms with Crippen LogP contribution in [0.4, 0.5) is 10.5 Å². The summed E-state index contributed by atoms with van der Waals surface area (Å²) < 4.78 is 0. The number of hydrogen-bond acceptors (Lipinski definition) is 3. The molecule has 0 saturated heterocycles. The number of aromatic nitrogens is 2. The zero-order valence-electron chi connectivity index (χ0n) is 11.1. The minimum atomic E-state index is -0.184. The minimum absolute atomic E-state index is 0.184. The molecule has 102 valence electrons. The number of carbonyl (C=O) groups is 1. The zero-order chi connectivity index (χ0) is 13.7. The lowest BCUT2D eigenvalue weighted by atomic mass is 10.2. The fourth-order valence-corrected chi connectivity index (χ4v) is 2.48. The van der Waals surface area contributed by atoms with Crippen LogP contribution in [-0.4, -0.2) is 22.8 Å². The maximum Gasteiger partial charge on any atom is 0.319 e. The van der Waals surface area contributed by atoms with Crippen LogP contribution in [-0.2, 0) is 6.42 Å². The highest BCUT2D eigenvalue weighted by Crippen LogP contribution is 2.32. The molecule has 0 radical (unpaired) electrons. The highest BCUT2D eigenvalue weighted by Gasteiger charge is 2.16. The summed E-state index contributed by atoms with van der Waals surface area (Å²) >= 11 is 1.60. The van der Waals surface area contributed by atoms with Crippen molar-refractivity contribution in [1.82, 2.24) is 15.5 Å². The van der Waals surface area contributed by atoms with E-state index in [4.69, 9.17) is 0 Å². The van der Waals surface area contributed by atoms with Gasteiger partial charge in [0.05, 0.1) is 16.3 Å². The Morgan fingerprint density at radius 3 is 2.95 bits per heavy atom. The molecule has 0 spiro atoms. The maximum atomic E-state index is 11.8. The lowest BCUT2D eigenvalue weighted by Gasteiger charge is -2.08. The summed E-state index contributed by atoms with van der Waals surface area (Å²) in [6, 6.07) is 3.78. The molecule has 0 aliphatic carbocycles. The van der Waals surface area contributed by atoms with Gasteiger partial charge in [-0.1, -0.05) is 19.9 Å². The quantitative estimate of drug-likeness (QED) is 0.786. The molecule has 2 rings (SSSR count). The Bertz CT molecular complexity index is 533. The van der Waals surface area contributed by atoms with E-state index in [1.165, 1.54) is 0 Å². The predicted molar refractivity (Wildman–Crippen MR) is 78.6 cm³/mol. The second-order valence-corrected chi connectivity index (χ2v) is 5.09. The first-order valence-electron chi connectivity index (χ1n) is 6.42. The molecular weight excluding hydrogens is 260 g/mol. The lowest BCUT2D eigenvalue weighted by Crippen LogP contribution is -2.29. The topological polar surface area (TPSA) is 69.8 Å². The van der Waals surface area contributed by atoms with Crippen molar-refractivity contribution in [3.63, 3.8) is 0 Å². The minimum Gasteiger partial charge on any atom is -0.338 e. The van der Waals surface area contributed by atoms with Crippen molar-refractivity contribution >= 4 is 23.1 Å². The summed E-state index contributed by atoms with van der Waals surface area (Å²) in [4.78, 5) is 12.8. The van der Waals surface area contributed by atoms with Crippen molar-refractivity contribution in [1.29, 1.82) is 0 Å². The van der Waals surface area contributed by atoms with Gasteiger partial charge in [0.15, 0.2) is 0 Å². The van der Waals surface area contributed by atoms with Crippen LogP contribution in [0.5, 0.6) is 0 Å². The lowest BCUT2D eigenvalue weighted by molar-refractivity contribution is 0.252. The van der Waals surface area contributed by atoms with Gasteiger partial charge in [-0.3, -0.25) is 5.10 Å². The maximum absolute atomic E-state index is 11.8. The highest BCUT2D eigenvalue weighted by molar-refractivity contribution is 7.13. The van der Waals surface area contributed by atoms with Gasteiger partial charge in [0, 0.05) is 6.54 Å². The Morgan fingerprint density at radius 1 is 1.47 bits per heavy atom. The third kappa shape index (κ3) is 3.14. The molecule has 3 N–H and O–H groups in total. The number of nitrogens with one attached hydrogen (secondary N) is 3. The van der Waals surface area contributed by atoms with Crippen LogP contribution in [0.15, 0.2) is 17.5 Å². The highest BCUT2D eigenvalue weighted by atomic mass is 32.1. The standard InChI is InChI=1S/C13H18N4OS/c1-3-7-14-13(18)15-11-9(4-2)16-17-12(11)10-6-5-8-19-10/h5-6,8H,3-4,7H2,1-2H3,(H,16,17)(H2,14,15,18). The van der Waals surface area contributed by atoms with Gasteiger partial charge in [0.25, 0.3) is 0 Å². The molecule has 2 amide bonds. The molecule has 2 aromatic rings. The number of anilines is 1. The van der Waals surface area contributed by atoms with Crippen LogP contribution in [0.3, 0.4) is 0 Å². The van der Waals surface area contributed by atoms with E-state index in [0.29, 0.717) is 6.54 Å². The van der Waals surface area contributed by atoms with Crippen molar-refractivity contribution < 1.29 is 4.79 Å². The number of rotatable bonds is 5. The molecule has 6 heteroatoms. The first-order valence-corrected chi connectivity index (χ1v) is 7.30. The van der Waals surface area contributed by atoms with E-state index in [0.717, 1.165) is 34.8 Å². The SMILES string of the molecule is CCCNC(=O)Nc1c(-c2cccs2)n[nH]c1CC. The van der Waals surface area contributed by atoms with Crippen molar-refractivity contribution in [3.05, 3.63) is 23.2 Å². The van der Waals surface area contributed by atoms with Crippen LogP contribution >= 0.6 is 11.3 Å². The molecule has 0 aliphatic rings. The third-order valence-electron chi connectivity index (χ3n) is 2.72. The number of H-pyrrole nitrogens is 1. The van der Waals surface area contributed by atoms with Crippen LogP contribution in [0, 0.1) is 0 Å². The number of nitrogens with zero attached hydrogens (tertiary/aromatic N) is 1. The Morgan fingerprint density at radius 2 is 2.32 bits per heavy atom. The number of aromatic amines is 1. The van der Waals surface area contributed by atoms with Gasteiger partial charge in [0.2, 0.25) is 0 Å². The van der Waals surface area contributed by atoms with Gasteiger partial charge in [-0.2, -0.15) is 5.10 Å². The third-order valence-corrected chi connectivity index (χ3v) is 3.60. The van der Waals surface area contributed by atoms with E-state index in [2.05, 4.69) is 20.8 Å². The molecule has 0 bridgehead atoms. The van der Waals surface area contributed by atoms with Crippen molar-refractivity contribution in [2.45, 2.75) is 26.7 Å².